The molecule has 0 unspecified atom stereocenters. The van der Waals surface area contributed by atoms with Gasteiger partial charge in [-0.3, -0.25) is 9.59 Å². The minimum Gasteiger partial charge on any atom is -0.480 e. The molecule has 0 fully saturated rings. The van der Waals surface area contributed by atoms with E-state index in [2.05, 4.69) is 13.8 Å². The van der Waals surface area contributed by atoms with E-state index in [0.29, 0.717) is 5.92 Å². The summed E-state index contributed by atoms with van der Waals surface area (Å²) in [7, 11) is 1.50. The van der Waals surface area contributed by atoms with Gasteiger partial charge in [-0.15, -0.1) is 0 Å². The summed E-state index contributed by atoms with van der Waals surface area (Å²) in [6.45, 7) is 4.07. The first-order valence-electron chi connectivity index (χ1n) is 6.42. The Labute approximate surface area is 114 Å². The third-order valence-corrected chi connectivity index (χ3v) is 2.82. The van der Waals surface area contributed by atoms with E-state index in [1.165, 1.54) is 17.5 Å². The molecule has 0 radical (unpaired) electrons. The van der Waals surface area contributed by atoms with Crippen molar-refractivity contribution in [3.8, 4) is 0 Å². The maximum Gasteiger partial charge on any atom is 0.323 e. The predicted octanol–water partition coefficient (Wildman–Crippen LogP) is 1.97. The van der Waals surface area contributed by atoms with Crippen molar-refractivity contribution in [1.29, 1.82) is 0 Å². The normalized spacial score (nSPS) is 10.5. The molecule has 0 aliphatic rings. The van der Waals surface area contributed by atoms with E-state index in [0.717, 1.165) is 12.0 Å². The quantitative estimate of drug-likeness (QED) is 0.853. The van der Waals surface area contributed by atoms with E-state index in [-0.39, 0.29) is 18.9 Å². The highest BCUT2D eigenvalue weighted by atomic mass is 16.4. The molecule has 0 heterocycles. The molecule has 0 atom stereocenters. The van der Waals surface area contributed by atoms with Gasteiger partial charge in [0.2, 0.25) is 5.91 Å². The van der Waals surface area contributed by atoms with Crippen molar-refractivity contribution < 1.29 is 14.7 Å². The van der Waals surface area contributed by atoms with E-state index >= 15 is 0 Å². The van der Waals surface area contributed by atoms with Crippen molar-refractivity contribution in [2.45, 2.75) is 26.7 Å². The third kappa shape index (κ3) is 5.55. The van der Waals surface area contributed by atoms with Crippen molar-refractivity contribution in [1.82, 2.24) is 4.90 Å². The standard InChI is InChI=1S/C15H21NO3/c1-11(2)8-12-4-6-13(7-5-12)9-14(17)16(3)10-15(18)19/h4-7,11H,8-10H2,1-3H3,(H,18,19). The fraction of sp³-hybridized carbons (Fsp3) is 0.467. The van der Waals surface area contributed by atoms with Crippen molar-refractivity contribution in [3.63, 3.8) is 0 Å². The first-order valence-corrected chi connectivity index (χ1v) is 6.42. The summed E-state index contributed by atoms with van der Waals surface area (Å²) in [6.07, 6.45) is 1.26. The molecule has 0 aliphatic carbocycles. The summed E-state index contributed by atoms with van der Waals surface area (Å²) in [6, 6.07) is 7.92. The first kappa shape index (κ1) is 15.2. The lowest BCUT2D eigenvalue weighted by molar-refractivity contribution is -0.143. The minimum atomic E-state index is -0.997. The molecule has 19 heavy (non-hydrogen) atoms. The van der Waals surface area contributed by atoms with Crippen LogP contribution in [0.5, 0.6) is 0 Å². The number of rotatable bonds is 6. The van der Waals surface area contributed by atoms with Crippen LogP contribution in [0.3, 0.4) is 0 Å². The average molecular weight is 263 g/mol. The fourth-order valence-corrected chi connectivity index (χ4v) is 1.87. The number of carboxylic acids is 1. The highest BCUT2D eigenvalue weighted by Gasteiger charge is 2.12. The second-order valence-electron chi connectivity index (χ2n) is 5.23. The van der Waals surface area contributed by atoms with Crippen LogP contribution in [-0.4, -0.2) is 35.5 Å². The van der Waals surface area contributed by atoms with Gasteiger partial charge >= 0.3 is 5.97 Å². The molecule has 0 saturated heterocycles. The van der Waals surface area contributed by atoms with Crippen molar-refractivity contribution in [2.75, 3.05) is 13.6 Å². The smallest absolute Gasteiger partial charge is 0.323 e. The summed E-state index contributed by atoms with van der Waals surface area (Å²) in [5, 5.41) is 8.63. The maximum absolute atomic E-state index is 11.8. The van der Waals surface area contributed by atoms with Crippen molar-refractivity contribution in [3.05, 3.63) is 35.4 Å². The van der Waals surface area contributed by atoms with Gasteiger partial charge in [0.15, 0.2) is 0 Å². The Bertz CT molecular complexity index is 437. The van der Waals surface area contributed by atoms with Gasteiger partial charge in [-0.1, -0.05) is 38.1 Å². The molecule has 0 aromatic heterocycles. The molecular formula is C15H21NO3. The number of carboxylic acid groups (broad SMARTS) is 1. The molecule has 1 amide bonds. The Morgan fingerprint density at radius 1 is 1.16 bits per heavy atom. The van der Waals surface area contributed by atoms with Crippen LogP contribution in [0.2, 0.25) is 0 Å². The number of nitrogens with zero attached hydrogens (tertiary/aromatic N) is 1. The molecule has 1 aromatic carbocycles. The van der Waals surface area contributed by atoms with Crippen molar-refractivity contribution >= 4 is 11.9 Å². The van der Waals surface area contributed by atoms with Crippen molar-refractivity contribution in [2.24, 2.45) is 5.92 Å². The number of aliphatic carboxylic acids is 1. The average Bonchev–Trinajstić information content (AvgIpc) is 2.30. The zero-order valence-corrected chi connectivity index (χ0v) is 11.7. The molecule has 1 N–H and O–H groups in total. The van der Waals surface area contributed by atoms with Crippen LogP contribution < -0.4 is 0 Å². The lowest BCUT2D eigenvalue weighted by atomic mass is 10.0. The number of likely N-dealkylation sites (N-methyl/N-ethyl adjacent to an activating group) is 1. The van der Waals surface area contributed by atoms with Crippen LogP contribution >= 0.6 is 0 Å². The van der Waals surface area contributed by atoms with Gasteiger partial charge in [0.25, 0.3) is 0 Å². The zero-order chi connectivity index (χ0) is 14.4. The number of amides is 1. The second kappa shape index (κ2) is 6.92. The van der Waals surface area contributed by atoms with Crippen LogP contribution in [-0.2, 0) is 22.4 Å². The highest BCUT2D eigenvalue weighted by Crippen LogP contribution is 2.10. The molecule has 0 bridgehead atoms. The SMILES string of the molecule is CC(C)Cc1ccc(CC(=O)N(C)CC(=O)O)cc1. The summed E-state index contributed by atoms with van der Waals surface area (Å²) in [4.78, 5) is 23.5. The van der Waals surface area contributed by atoms with Crippen LogP contribution in [0.25, 0.3) is 0 Å². The highest BCUT2D eigenvalue weighted by molar-refractivity contribution is 5.82. The minimum absolute atomic E-state index is 0.181. The number of hydrogen-bond donors (Lipinski definition) is 1. The largest absolute Gasteiger partial charge is 0.480 e. The van der Waals surface area contributed by atoms with E-state index in [4.69, 9.17) is 5.11 Å². The molecular weight excluding hydrogens is 242 g/mol. The molecule has 0 aliphatic heterocycles. The van der Waals surface area contributed by atoms with Crippen LogP contribution in [0, 0.1) is 5.92 Å². The van der Waals surface area contributed by atoms with Gasteiger partial charge in [0, 0.05) is 7.05 Å². The summed E-state index contributed by atoms with van der Waals surface area (Å²) >= 11 is 0. The molecule has 0 spiro atoms. The van der Waals surface area contributed by atoms with E-state index < -0.39 is 5.97 Å². The Kier molecular flexibility index (Phi) is 5.55. The Balaban J connectivity index is 2.57. The van der Waals surface area contributed by atoms with E-state index in [9.17, 15) is 9.59 Å². The van der Waals surface area contributed by atoms with Gasteiger partial charge in [-0.05, 0) is 23.5 Å². The third-order valence-electron chi connectivity index (χ3n) is 2.82. The summed E-state index contributed by atoms with van der Waals surface area (Å²) in [5.74, 6) is -0.573. The van der Waals surface area contributed by atoms with Gasteiger partial charge in [-0.25, -0.2) is 0 Å². The number of hydrogen-bond acceptors (Lipinski definition) is 2. The Morgan fingerprint density at radius 3 is 2.16 bits per heavy atom. The molecule has 4 nitrogen and oxygen atoms in total. The molecule has 104 valence electrons. The van der Waals surface area contributed by atoms with Gasteiger partial charge in [0.05, 0.1) is 6.42 Å². The lowest BCUT2D eigenvalue weighted by Gasteiger charge is -2.14. The Morgan fingerprint density at radius 2 is 1.68 bits per heavy atom. The lowest BCUT2D eigenvalue weighted by Crippen LogP contribution is -2.33. The second-order valence-corrected chi connectivity index (χ2v) is 5.23. The van der Waals surface area contributed by atoms with E-state index in [1.807, 2.05) is 24.3 Å². The number of carbonyl (C=O) groups excluding carboxylic acids is 1. The van der Waals surface area contributed by atoms with Crippen LogP contribution in [0.15, 0.2) is 24.3 Å². The topological polar surface area (TPSA) is 57.6 Å². The van der Waals surface area contributed by atoms with Crippen LogP contribution in [0.1, 0.15) is 25.0 Å². The summed E-state index contributed by atoms with van der Waals surface area (Å²) < 4.78 is 0. The van der Waals surface area contributed by atoms with Gasteiger partial charge in [0.1, 0.15) is 6.54 Å². The molecule has 1 rings (SSSR count). The molecule has 4 heteroatoms. The monoisotopic (exact) mass is 263 g/mol. The maximum atomic E-state index is 11.8. The molecule has 0 saturated carbocycles. The number of carbonyl (C=O) groups is 2. The molecule has 1 aromatic rings. The predicted molar refractivity (Wildman–Crippen MR) is 74.0 cm³/mol. The van der Waals surface area contributed by atoms with Crippen LogP contribution in [0.4, 0.5) is 0 Å². The first-order chi connectivity index (χ1) is 8.88. The number of benzene rings is 1. The fourth-order valence-electron chi connectivity index (χ4n) is 1.87. The zero-order valence-electron chi connectivity index (χ0n) is 11.7. The Hall–Kier alpha value is -1.84. The summed E-state index contributed by atoms with van der Waals surface area (Å²) in [5.41, 5.74) is 2.17. The van der Waals surface area contributed by atoms with E-state index in [1.54, 1.807) is 0 Å². The van der Waals surface area contributed by atoms with Gasteiger partial charge in [-0.2, -0.15) is 0 Å². The van der Waals surface area contributed by atoms with Gasteiger partial charge < -0.3 is 10.0 Å².